The molecule has 5 nitrogen and oxygen atoms in total. The van der Waals surface area contributed by atoms with Gasteiger partial charge in [-0.05, 0) is 25.1 Å². The molecule has 5 heteroatoms. The molecule has 2 aromatic carbocycles. The maximum absolute atomic E-state index is 12.4. The summed E-state index contributed by atoms with van der Waals surface area (Å²) < 4.78 is 16.7. The summed E-state index contributed by atoms with van der Waals surface area (Å²) >= 11 is 0. The van der Waals surface area contributed by atoms with E-state index in [2.05, 4.69) is 4.90 Å². The van der Waals surface area contributed by atoms with Gasteiger partial charge in [-0.2, -0.15) is 0 Å². The largest absolute Gasteiger partial charge is 0.495 e. The average molecular weight is 337 g/mol. The second-order valence-electron chi connectivity index (χ2n) is 6.12. The molecule has 0 bridgehead atoms. The lowest BCUT2D eigenvalue weighted by molar-refractivity contribution is -0.116. The highest BCUT2D eigenvalue weighted by molar-refractivity contribution is 5.97. The molecule has 2 heterocycles. The van der Waals surface area contributed by atoms with E-state index in [4.69, 9.17) is 14.2 Å². The van der Waals surface area contributed by atoms with Gasteiger partial charge >= 0.3 is 0 Å². The highest BCUT2D eigenvalue weighted by atomic mass is 16.7. The highest BCUT2D eigenvalue weighted by Gasteiger charge is 2.33. The van der Waals surface area contributed by atoms with Crippen molar-refractivity contribution in [1.29, 1.82) is 0 Å². The predicted molar refractivity (Wildman–Crippen MR) is 94.2 cm³/mol. The third kappa shape index (κ3) is 2.61. The predicted octanol–water partition coefficient (Wildman–Crippen LogP) is 3.85. The number of allylic oxidation sites excluding steroid dienone is 1. The number of anilines is 1. The van der Waals surface area contributed by atoms with Crippen molar-refractivity contribution < 1.29 is 19.0 Å². The fourth-order valence-corrected chi connectivity index (χ4v) is 3.36. The number of fused-ring (bicyclic) bond motifs is 1. The summed E-state index contributed by atoms with van der Waals surface area (Å²) in [5.41, 5.74) is 2.59. The zero-order valence-electron chi connectivity index (χ0n) is 14.2. The van der Waals surface area contributed by atoms with Crippen LogP contribution in [0.15, 0.2) is 54.2 Å². The van der Waals surface area contributed by atoms with Crippen molar-refractivity contribution in [2.24, 2.45) is 0 Å². The van der Waals surface area contributed by atoms with Crippen molar-refractivity contribution in [1.82, 2.24) is 0 Å². The Bertz CT molecular complexity index is 859. The van der Waals surface area contributed by atoms with Crippen LogP contribution >= 0.6 is 0 Å². The molecule has 0 radical (unpaired) electrons. The monoisotopic (exact) mass is 337 g/mol. The van der Waals surface area contributed by atoms with Crippen molar-refractivity contribution >= 4 is 11.5 Å². The van der Waals surface area contributed by atoms with E-state index in [1.807, 2.05) is 55.6 Å². The Hall–Kier alpha value is -2.95. The van der Waals surface area contributed by atoms with Crippen LogP contribution < -0.4 is 19.1 Å². The van der Waals surface area contributed by atoms with Crippen molar-refractivity contribution in [2.75, 3.05) is 18.8 Å². The molecule has 0 amide bonds. The molecule has 0 aromatic heterocycles. The van der Waals surface area contributed by atoms with Gasteiger partial charge in [0, 0.05) is 23.8 Å². The van der Waals surface area contributed by atoms with Gasteiger partial charge in [-0.3, -0.25) is 4.79 Å². The van der Waals surface area contributed by atoms with Crippen LogP contribution in [0.3, 0.4) is 0 Å². The molecule has 4 rings (SSSR count). The van der Waals surface area contributed by atoms with Crippen LogP contribution in [0.5, 0.6) is 17.2 Å². The number of Topliss-reactive ketones (excluding diaryl/α,β-unsaturated/α-hetero) is 1. The molecule has 1 atom stereocenters. The van der Waals surface area contributed by atoms with E-state index in [-0.39, 0.29) is 18.6 Å². The van der Waals surface area contributed by atoms with E-state index in [0.29, 0.717) is 12.2 Å². The number of rotatable bonds is 3. The lowest BCUT2D eigenvalue weighted by atomic mass is 9.92. The van der Waals surface area contributed by atoms with Gasteiger partial charge in [-0.15, -0.1) is 0 Å². The highest BCUT2D eigenvalue weighted by Crippen LogP contribution is 2.45. The third-order valence-electron chi connectivity index (χ3n) is 4.64. The van der Waals surface area contributed by atoms with Gasteiger partial charge in [0.25, 0.3) is 0 Å². The van der Waals surface area contributed by atoms with Gasteiger partial charge in [0.2, 0.25) is 6.79 Å². The SMILES string of the molecule is COc1ccccc1N1C=C(C)C(=O)C[C@@H]1c1cccc2c1OCO2. The molecule has 0 saturated carbocycles. The van der Waals surface area contributed by atoms with Gasteiger partial charge in [0.05, 0.1) is 18.8 Å². The maximum atomic E-state index is 12.4. The molecule has 25 heavy (non-hydrogen) atoms. The Morgan fingerprint density at radius 3 is 2.80 bits per heavy atom. The molecule has 0 aliphatic carbocycles. The lowest BCUT2D eigenvalue weighted by Crippen LogP contribution is -2.31. The molecule has 128 valence electrons. The number of para-hydroxylation sites is 3. The molecule has 0 saturated heterocycles. The smallest absolute Gasteiger partial charge is 0.231 e. The number of hydrogen-bond donors (Lipinski definition) is 0. The molecule has 2 aliphatic heterocycles. The summed E-state index contributed by atoms with van der Waals surface area (Å²) in [5.74, 6) is 2.33. The number of carbonyl (C=O) groups excluding carboxylic acids is 1. The van der Waals surface area contributed by atoms with Gasteiger partial charge in [-0.25, -0.2) is 0 Å². The fraction of sp³-hybridized carbons (Fsp3) is 0.250. The first-order valence-electron chi connectivity index (χ1n) is 8.20. The van der Waals surface area contributed by atoms with E-state index in [1.165, 1.54) is 0 Å². The molecule has 0 spiro atoms. The molecular weight excluding hydrogens is 318 g/mol. The van der Waals surface area contributed by atoms with Crippen LogP contribution in [0, 0.1) is 0 Å². The van der Waals surface area contributed by atoms with Gasteiger partial charge in [0.1, 0.15) is 5.75 Å². The summed E-state index contributed by atoms with van der Waals surface area (Å²) in [6.45, 7) is 2.05. The van der Waals surface area contributed by atoms with Gasteiger partial charge < -0.3 is 19.1 Å². The molecule has 0 unspecified atom stereocenters. The number of benzene rings is 2. The Kier molecular flexibility index (Phi) is 3.84. The van der Waals surface area contributed by atoms with Crippen molar-refractivity contribution in [3.63, 3.8) is 0 Å². The van der Waals surface area contributed by atoms with E-state index in [0.717, 1.165) is 28.3 Å². The number of ketones is 1. The minimum Gasteiger partial charge on any atom is -0.495 e. The number of ether oxygens (including phenoxy) is 3. The molecule has 2 aliphatic rings. The summed E-state index contributed by atoms with van der Waals surface area (Å²) in [6.07, 6.45) is 2.27. The molecule has 0 N–H and O–H groups in total. The first-order valence-corrected chi connectivity index (χ1v) is 8.20. The Morgan fingerprint density at radius 1 is 1.12 bits per heavy atom. The Balaban J connectivity index is 1.85. The second kappa shape index (κ2) is 6.16. The molecule has 2 aromatic rings. The van der Waals surface area contributed by atoms with Crippen LogP contribution in [0.1, 0.15) is 24.9 Å². The zero-order chi connectivity index (χ0) is 17.4. The summed E-state index contributed by atoms with van der Waals surface area (Å²) in [5, 5.41) is 0. The fourth-order valence-electron chi connectivity index (χ4n) is 3.36. The topological polar surface area (TPSA) is 48.0 Å². The van der Waals surface area contributed by atoms with E-state index in [1.54, 1.807) is 7.11 Å². The Morgan fingerprint density at radius 2 is 1.96 bits per heavy atom. The number of carbonyl (C=O) groups is 1. The van der Waals surface area contributed by atoms with Crippen molar-refractivity contribution in [3.8, 4) is 17.2 Å². The maximum Gasteiger partial charge on any atom is 0.231 e. The standard InChI is InChI=1S/C20H19NO4/c1-13-11-21(15-7-3-4-8-18(15)23-2)16(10-17(13)22)14-6-5-9-19-20(14)25-12-24-19/h3-9,11,16H,10,12H2,1-2H3/t16-/m1/s1. The number of hydrogen-bond acceptors (Lipinski definition) is 5. The summed E-state index contributed by atoms with van der Waals surface area (Å²) in [6, 6.07) is 13.4. The van der Waals surface area contributed by atoms with Crippen LogP contribution in [0.2, 0.25) is 0 Å². The van der Waals surface area contributed by atoms with Crippen molar-refractivity contribution in [2.45, 2.75) is 19.4 Å². The normalized spacial score (nSPS) is 19.0. The van der Waals surface area contributed by atoms with Gasteiger partial charge in [-0.1, -0.05) is 24.3 Å². The van der Waals surface area contributed by atoms with Crippen LogP contribution in [-0.4, -0.2) is 19.7 Å². The zero-order valence-corrected chi connectivity index (χ0v) is 14.2. The van der Waals surface area contributed by atoms with Crippen LogP contribution in [0.25, 0.3) is 0 Å². The van der Waals surface area contributed by atoms with E-state index >= 15 is 0 Å². The lowest BCUT2D eigenvalue weighted by Gasteiger charge is -2.35. The second-order valence-corrected chi connectivity index (χ2v) is 6.12. The number of methoxy groups -OCH3 is 1. The summed E-state index contributed by atoms with van der Waals surface area (Å²) in [4.78, 5) is 14.5. The minimum atomic E-state index is -0.177. The van der Waals surface area contributed by atoms with Crippen LogP contribution in [0.4, 0.5) is 5.69 Å². The molecular formula is C20H19NO4. The summed E-state index contributed by atoms with van der Waals surface area (Å²) in [7, 11) is 1.65. The van der Waals surface area contributed by atoms with E-state index in [9.17, 15) is 4.79 Å². The molecule has 0 fully saturated rings. The van der Waals surface area contributed by atoms with E-state index < -0.39 is 0 Å². The van der Waals surface area contributed by atoms with Crippen molar-refractivity contribution in [3.05, 3.63) is 59.8 Å². The average Bonchev–Trinajstić information content (AvgIpc) is 3.12. The number of nitrogens with zero attached hydrogens (tertiary/aromatic N) is 1. The third-order valence-corrected chi connectivity index (χ3v) is 4.64. The van der Waals surface area contributed by atoms with Gasteiger partial charge in [0.15, 0.2) is 17.3 Å². The van der Waals surface area contributed by atoms with Crippen LogP contribution in [-0.2, 0) is 4.79 Å². The Labute approximate surface area is 146 Å². The first kappa shape index (κ1) is 15.6. The quantitative estimate of drug-likeness (QED) is 0.851. The minimum absolute atomic E-state index is 0.132. The first-order chi connectivity index (χ1) is 12.2.